The number of hydrogen-bond donors (Lipinski definition) is 1. The molecule has 1 rings (SSSR count). The molecule has 1 unspecified atom stereocenters. The summed E-state index contributed by atoms with van der Waals surface area (Å²) in [6.07, 6.45) is 3.53. The van der Waals surface area contributed by atoms with Gasteiger partial charge in [0.25, 0.3) is 0 Å². The first-order chi connectivity index (χ1) is 7.65. The molecule has 0 saturated carbocycles. The van der Waals surface area contributed by atoms with Crippen LogP contribution in [-0.4, -0.2) is 28.1 Å². The molecule has 0 aliphatic heterocycles. The maximum absolute atomic E-state index is 10.5. The van der Waals surface area contributed by atoms with Gasteiger partial charge in [-0.3, -0.25) is 14.8 Å². The predicted octanol–water partition coefficient (Wildman–Crippen LogP) is 1.60. The molecule has 6 heteroatoms. The summed E-state index contributed by atoms with van der Waals surface area (Å²) in [6, 6.07) is 3.19. The Morgan fingerprint density at radius 1 is 1.69 bits per heavy atom. The van der Waals surface area contributed by atoms with Crippen molar-refractivity contribution in [2.45, 2.75) is 18.9 Å². The molecule has 0 radical (unpaired) electrons. The van der Waals surface area contributed by atoms with Gasteiger partial charge in [0.15, 0.2) is 0 Å². The molecule has 0 aliphatic carbocycles. The molecule has 1 atom stereocenters. The third-order valence-electron chi connectivity index (χ3n) is 2.28. The summed E-state index contributed by atoms with van der Waals surface area (Å²) in [6.45, 7) is 0. The number of aromatic nitrogens is 1. The maximum Gasteiger partial charge on any atom is 0.303 e. The molecule has 0 spiro atoms. The predicted molar refractivity (Wildman–Crippen MR) is 57.4 cm³/mol. The Bertz CT molecular complexity index is 356. The van der Waals surface area contributed by atoms with Crippen molar-refractivity contribution in [3.8, 4) is 0 Å². The Morgan fingerprint density at radius 2 is 2.44 bits per heavy atom. The number of hydrogen-bond acceptors (Lipinski definition) is 4. The highest BCUT2D eigenvalue weighted by atomic mass is 16.4. The van der Waals surface area contributed by atoms with Crippen molar-refractivity contribution >= 4 is 5.97 Å². The van der Waals surface area contributed by atoms with E-state index in [0.29, 0.717) is 6.42 Å². The molecule has 6 nitrogen and oxygen atoms in total. The minimum Gasteiger partial charge on any atom is -0.481 e. The SMILES string of the molecule is CN(N=O)C(CCC(=O)O)c1cccnc1. The number of aliphatic carboxylic acids is 1. The van der Waals surface area contributed by atoms with Crippen LogP contribution < -0.4 is 0 Å². The lowest BCUT2D eigenvalue weighted by atomic mass is 10.0. The second-order valence-electron chi connectivity index (χ2n) is 3.39. The van der Waals surface area contributed by atoms with Crippen LogP contribution in [-0.2, 0) is 4.79 Å². The Hall–Kier alpha value is -1.98. The van der Waals surface area contributed by atoms with Crippen molar-refractivity contribution in [3.05, 3.63) is 35.0 Å². The first kappa shape index (κ1) is 12.1. The number of carboxylic acids is 1. The lowest BCUT2D eigenvalue weighted by Gasteiger charge is -2.22. The Kier molecular flexibility index (Phi) is 4.38. The number of nitroso groups, excluding NO2 is 1. The van der Waals surface area contributed by atoms with Gasteiger partial charge >= 0.3 is 5.97 Å². The molecule has 1 heterocycles. The topological polar surface area (TPSA) is 82.9 Å². The largest absolute Gasteiger partial charge is 0.481 e. The van der Waals surface area contributed by atoms with Gasteiger partial charge in [0.1, 0.15) is 0 Å². The average molecular weight is 223 g/mol. The van der Waals surface area contributed by atoms with E-state index in [0.717, 1.165) is 5.56 Å². The van der Waals surface area contributed by atoms with Gasteiger partial charge in [-0.25, -0.2) is 0 Å². The smallest absolute Gasteiger partial charge is 0.303 e. The Labute approximate surface area is 92.9 Å². The molecule has 0 bridgehead atoms. The number of rotatable bonds is 6. The minimum absolute atomic E-state index is 0.0145. The van der Waals surface area contributed by atoms with Crippen LogP contribution >= 0.6 is 0 Å². The first-order valence-corrected chi connectivity index (χ1v) is 4.83. The van der Waals surface area contributed by atoms with Gasteiger partial charge in [0, 0.05) is 25.9 Å². The third-order valence-corrected chi connectivity index (χ3v) is 2.28. The standard InChI is InChI=1S/C10H13N3O3/c1-13(12-16)9(4-5-10(14)15)8-3-2-6-11-7-8/h2-3,6-7,9H,4-5H2,1H3,(H,14,15). The van der Waals surface area contributed by atoms with Crippen molar-refractivity contribution in [1.29, 1.82) is 0 Å². The van der Waals surface area contributed by atoms with Gasteiger partial charge in [0.05, 0.1) is 11.3 Å². The van der Waals surface area contributed by atoms with Crippen LogP contribution in [0.25, 0.3) is 0 Å². The highest BCUT2D eigenvalue weighted by Crippen LogP contribution is 2.23. The monoisotopic (exact) mass is 223 g/mol. The fraction of sp³-hybridized carbons (Fsp3) is 0.400. The van der Waals surface area contributed by atoms with Crippen LogP contribution in [0.4, 0.5) is 0 Å². The fourth-order valence-corrected chi connectivity index (χ4v) is 1.46. The van der Waals surface area contributed by atoms with Crippen molar-refractivity contribution in [1.82, 2.24) is 9.99 Å². The van der Waals surface area contributed by atoms with Gasteiger partial charge < -0.3 is 5.11 Å². The summed E-state index contributed by atoms with van der Waals surface area (Å²) in [5.41, 5.74) is 0.783. The van der Waals surface area contributed by atoms with Crippen LogP contribution in [0.1, 0.15) is 24.4 Å². The van der Waals surface area contributed by atoms with Gasteiger partial charge in [-0.15, -0.1) is 4.91 Å². The van der Waals surface area contributed by atoms with Gasteiger partial charge in [-0.2, -0.15) is 0 Å². The normalized spacial score (nSPS) is 11.8. The molecule has 86 valence electrons. The number of nitrogens with zero attached hydrogens (tertiary/aromatic N) is 3. The molecular weight excluding hydrogens is 210 g/mol. The summed E-state index contributed by atoms with van der Waals surface area (Å²) in [5, 5.41) is 12.6. The minimum atomic E-state index is -0.895. The summed E-state index contributed by atoms with van der Waals surface area (Å²) in [4.78, 5) is 24.9. The highest BCUT2D eigenvalue weighted by molar-refractivity contribution is 5.66. The molecule has 1 N–H and O–H groups in total. The van der Waals surface area contributed by atoms with Gasteiger partial charge in [0.2, 0.25) is 0 Å². The molecular formula is C10H13N3O3. The summed E-state index contributed by atoms with van der Waals surface area (Å²) >= 11 is 0. The summed E-state index contributed by atoms with van der Waals surface area (Å²) < 4.78 is 0. The van der Waals surface area contributed by atoms with Crippen LogP contribution in [0, 0.1) is 4.91 Å². The Balaban J connectivity index is 2.79. The van der Waals surface area contributed by atoms with E-state index in [-0.39, 0.29) is 12.5 Å². The van der Waals surface area contributed by atoms with E-state index in [1.807, 2.05) is 0 Å². The molecule has 1 aromatic rings. The summed E-state index contributed by atoms with van der Waals surface area (Å²) in [5.74, 6) is -0.895. The van der Waals surface area contributed by atoms with Crippen LogP contribution in [0.15, 0.2) is 29.8 Å². The van der Waals surface area contributed by atoms with E-state index in [9.17, 15) is 9.70 Å². The second kappa shape index (κ2) is 5.79. The fourth-order valence-electron chi connectivity index (χ4n) is 1.46. The van der Waals surface area contributed by atoms with Crippen molar-refractivity contribution in [2.75, 3.05) is 7.05 Å². The maximum atomic E-state index is 10.5. The molecule has 0 aliphatic rings. The lowest BCUT2D eigenvalue weighted by molar-refractivity contribution is -0.137. The van der Waals surface area contributed by atoms with Crippen molar-refractivity contribution < 1.29 is 9.90 Å². The van der Waals surface area contributed by atoms with E-state index in [4.69, 9.17) is 5.11 Å². The highest BCUT2D eigenvalue weighted by Gasteiger charge is 2.18. The van der Waals surface area contributed by atoms with E-state index in [1.165, 1.54) is 12.1 Å². The van der Waals surface area contributed by atoms with E-state index >= 15 is 0 Å². The third kappa shape index (κ3) is 3.30. The van der Waals surface area contributed by atoms with Gasteiger partial charge in [-0.1, -0.05) is 6.07 Å². The van der Waals surface area contributed by atoms with Crippen molar-refractivity contribution in [3.63, 3.8) is 0 Å². The van der Waals surface area contributed by atoms with E-state index in [1.54, 1.807) is 24.5 Å². The molecule has 16 heavy (non-hydrogen) atoms. The Morgan fingerprint density at radius 3 is 2.94 bits per heavy atom. The molecule has 0 fully saturated rings. The summed E-state index contributed by atoms with van der Waals surface area (Å²) in [7, 11) is 1.52. The average Bonchev–Trinajstić information content (AvgIpc) is 2.30. The molecule has 0 aromatic carbocycles. The number of carboxylic acid groups (broad SMARTS) is 1. The van der Waals surface area contributed by atoms with Crippen LogP contribution in [0.3, 0.4) is 0 Å². The van der Waals surface area contributed by atoms with Crippen LogP contribution in [0.2, 0.25) is 0 Å². The quantitative estimate of drug-likeness (QED) is 0.585. The van der Waals surface area contributed by atoms with E-state index in [2.05, 4.69) is 10.3 Å². The van der Waals surface area contributed by atoms with Gasteiger partial charge in [-0.05, 0) is 18.1 Å². The first-order valence-electron chi connectivity index (χ1n) is 4.83. The lowest BCUT2D eigenvalue weighted by Crippen LogP contribution is -2.19. The zero-order valence-corrected chi connectivity index (χ0v) is 8.91. The van der Waals surface area contributed by atoms with Crippen LogP contribution in [0.5, 0.6) is 0 Å². The second-order valence-corrected chi connectivity index (χ2v) is 3.39. The van der Waals surface area contributed by atoms with Crippen molar-refractivity contribution in [2.24, 2.45) is 5.29 Å². The zero-order chi connectivity index (χ0) is 12.0. The molecule has 0 amide bonds. The molecule has 0 saturated heterocycles. The van der Waals surface area contributed by atoms with E-state index < -0.39 is 5.97 Å². The number of pyridine rings is 1. The zero-order valence-electron chi connectivity index (χ0n) is 8.91. The molecule has 1 aromatic heterocycles. The number of carbonyl (C=O) groups is 1.